The fraction of sp³-hybridized carbons (Fsp3) is 0.235. The van der Waals surface area contributed by atoms with E-state index in [0.717, 1.165) is 21.3 Å². The van der Waals surface area contributed by atoms with Crippen LogP contribution in [0.4, 0.5) is 10.1 Å². The molecule has 0 aliphatic carbocycles. The molecule has 0 fully saturated rings. The molecular formula is C17H19FN2O3S2. The van der Waals surface area contributed by atoms with Gasteiger partial charge in [0, 0.05) is 11.4 Å². The van der Waals surface area contributed by atoms with Crippen molar-refractivity contribution in [1.82, 2.24) is 4.31 Å². The minimum Gasteiger partial charge on any atom is -0.324 e. The highest BCUT2D eigenvalue weighted by molar-refractivity contribution is 7.98. The molecule has 2 rings (SSSR count). The Morgan fingerprint density at radius 3 is 2.40 bits per heavy atom. The first kappa shape index (κ1) is 19.4. The molecule has 0 spiro atoms. The topological polar surface area (TPSA) is 66.5 Å². The lowest BCUT2D eigenvalue weighted by Crippen LogP contribution is -2.37. The summed E-state index contributed by atoms with van der Waals surface area (Å²) in [5, 5.41) is 2.73. The Balaban J connectivity index is 2.15. The van der Waals surface area contributed by atoms with Crippen LogP contribution in [-0.2, 0) is 14.8 Å². The van der Waals surface area contributed by atoms with Crippen molar-refractivity contribution in [3.63, 3.8) is 0 Å². The molecule has 0 atom stereocenters. The van der Waals surface area contributed by atoms with E-state index in [9.17, 15) is 17.6 Å². The van der Waals surface area contributed by atoms with E-state index in [2.05, 4.69) is 5.32 Å². The van der Waals surface area contributed by atoms with E-state index in [1.54, 1.807) is 19.1 Å². The van der Waals surface area contributed by atoms with Crippen LogP contribution in [0.2, 0.25) is 0 Å². The number of halogens is 1. The molecule has 0 heterocycles. The second kappa shape index (κ2) is 8.46. The number of carbonyl (C=O) groups is 1. The standard InChI is InChI=1S/C17H19FN2O3S2/c1-3-20(25(22,23)14-10-8-13(18)9-11-14)12-17(21)19-15-6-4-5-7-16(15)24-2/h4-11H,3,12H2,1-2H3,(H,19,21). The van der Waals surface area contributed by atoms with E-state index in [0.29, 0.717) is 5.69 Å². The summed E-state index contributed by atoms with van der Waals surface area (Å²) in [6, 6.07) is 11.8. The van der Waals surface area contributed by atoms with Gasteiger partial charge in [-0.2, -0.15) is 4.31 Å². The molecule has 8 heteroatoms. The van der Waals surface area contributed by atoms with Crippen LogP contribution in [-0.4, -0.2) is 38.0 Å². The van der Waals surface area contributed by atoms with Gasteiger partial charge in [0.1, 0.15) is 5.82 Å². The van der Waals surface area contributed by atoms with E-state index in [1.807, 2.05) is 18.4 Å². The highest BCUT2D eigenvalue weighted by Gasteiger charge is 2.25. The number of sulfonamides is 1. The molecule has 0 aromatic heterocycles. The van der Waals surface area contributed by atoms with Crippen LogP contribution in [0.5, 0.6) is 0 Å². The third-order valence-electron chi connectivity index (χ3n) is 3.51. The average Bonchev–Trinajstić information content (AvgIpc) is 2.60. The lowest BCUT2D eigenvalue weighted by Gasteiger charge is -2.20. The van der Waals surface area contributed by atoms with Gasteiger partial charge in [-0.1, -0.05) is 19.1 Å². The van der Waals surface area contributed by atoms with Crippen LogP contribution in [0.15, 0.2) is 58.3 Å². The van der Waals surface area contributed by atoms with Crippen LogP contribution in [0.25, 0.3) is 0 Å². The van der Waals surface area contributed by atoms with Gasteiger partial charge < -0.3 is 5.32 Å². The Hall–Kier alpha value is -1.90. The number of likely N-dealkylation sites (N-methyl/N-ethyl adjacent to an activating group) is 1. The average molecular weight is 382 g/mol. The van der Waals surface area contributed by atoms with Gasteiger partial charge in [0.2, 0.25) is 15.9 Å². The third-order valence-corrected chi connectivity index (χ3v) is 6.24. The minimum atomic E-state index is -3.87. The van der Waals surface area contributed by atoms with E-state index in [-0.39, 0.29) is 18.0 Å². The number of hydrogen-bond donors (Lipinski definition) is 1. The molecule has 0 saturated heterocycles. The van der Waals surface area contributed by atoms with Gasteiger partial charge in [-0.15, -0.1) is 11.8 Å². The summed E-state index contributed by atoms with van der Waals surface area (Å²) in [5.74, 6) is -0.956. The Morgan fingerprint density at radius 2 is 1.80 bits per heavy atom. The van der Waals surface area contributed by atoms with Crippen LogP contribution < -0.4 is 5.32 Å². The predicted molar refractivity (Wildman–Crippen MR) is 97.7 cm³/mol. The first-order valence-electron chi connectivity index (χ1n) is 7.57. The van der Waals surface area contributed by atoms with Gasteiger partial charge in [-0.05, 0) is 42.7 Å². The van der Waals surface area contributed by atoms with Crippen molar-refractivity contribution in [2.45, 2.75) is 16.7 Å². The first-order valence-corrected chi connectivity index (χ1v) is 10.2. The van der Waals surface area contributed by atoms with Crippen molar-refractivity contribution in [2.75, 3.05) is 24.7 Å². The molecule has 2 aromatic rings. The van der Waals surface area contributed by atoms with Gasteiger partial charge in [0.15, 0.2) is 0 Å². The number of rotatable bonds is 7. The molecule has 1 amide bonds. The maximum atomic E-state index is 13.0. The normalized spacial score (nSPS) is 11.5. The zero-order valence-corrected chi connectivity index (χ0v) is 15.5. The third kappa shape index (κ3) is 4.81. The SMILES string of the molecule is CCN(CC(=O)Nc1ccccc1SC)S(=O)(=O)c1ccc(F)cc1. The van der Waals surface area contributed by atoms with Crippen molar-refractivity contribution >= 4 is 33.4 Å². The summed E-state index contributed by atoms with van der Waals surface area (Å²) in [4.78, 5) is 13.1. The molecule has 0 aliphatic rings. The zero-order chi connectivity index (χ0) is 18.4. The van der Waals surface area contributed by atoms with Gasteiger partial charge in [-0.25, -0.2) is 12.8 Å². The summed E-state index contributed by atoms with van der Waals surface area (Å²) in [6.45, 7) is 1.44. The van der Waals surface area contributed by atoms with Crippen molar-refractivity contribution < 1.29 is 17.6 Å². The molecule has 0 saturated carbocycles. The second-order valence-electron chi connectivity index (χ2n) is 5.13. The quantitative estimate of drug-likeness (QED) is 0.747. The highest BCUT2D eigenvalue weighted by Crippen LogP contribution is 2.24. The largest absolute Gasteiger partial charge is 0.324 e. The molecule has 0 bridgehead atoms. The van der Waals surface area contributed by atoms with Crippen LogP contribution in [0.1, 0.15) is 6.92 Å². The Labute approximate surface area is 151 Å². The summed E-state index contributed by atoms with van der Waals surface area (Å²) in [5.41, 5.74) is 0.634. The number of benzene rings is 2. The Kier molecular flexibility index (Phi) is 6.57. The molecule has 5 nitrogen and oxygen atoms in total. The van der Waals surface area contributed by atoms with Crippen molar-refractivity contribution in [3.05, 3.63) is 54.3 Å². The number of carbonyl (C=O) groups excluding carboxylic acids is 1. The summed E-state index contributed by atoms with van der Waals surface area (Å²) >= 11 is 1.48. The zero-order valence-electron chi connectivity index (χ0n) is 13.9. The van der Waals surface area contributed by atoms with Gasteiger partial charge in [-0.3, -0.25) is 4.79 Å². The van der Waals surface area contributed by atoms with Crippen molar-refractivity contribution in [1.29, 1.82) is 0 Å². The molecule has 2 aromatic carbocycles. The number of hydrogen-bond acceptors (Lipinski definition) is 4. The predicted octanol–water partition coefficient (Wildman–Crippen LogP) is 3.20. The smallest absolute Gasteiger partial charge is 0.243 e. The van der Waals surface area contributed by atoms with E-state index in [4.69, 9.17) is 0 Å². The number of nitrogens with zero attached hydrogens (tertiary/aromatic N) is 1. The van der Waals surface area contributed by atoms with Crippen LogP contribution in [0.3, 0.4) is 0 Å². The fourth-order valence-corrected chi connectivity index (χ4v) is 4.18. The molecule has 25 heavy (non-hydrogen) atoms. The van der Waals surface area contributed by atoms with Gasteiger partial charge in [0.05, 0.1) is 17.1 Å². The maximum absolute atomic E-state index is 13.0. The van der Waals surface area contributed by atoms with Crippen LogP contribution >= 0.6 is 11.8 Å². The second-order valence-corrected chi connectivity index (χ2v) is 7.92. The van der Waals surface area contributed by atoms with E-state index < -0.39 is 21.7 Å². The monoisotopic (exact) mass is 382 g/mol. The minimum absolute atomic E-state index is 0.0481. The number of amides is 1. The molecule has 0 aliphatic heterocycles. The number of thioether (sulfide) groups is 1. The first-order chi connectivity index (χ1) is 11.9. The molecule has 0 radical (unpaired) electrons. The summed E-state index contributed by atoms with van der Waals surface area (Å²) < 4.78 is 39.3. The van der Waals surface area contributed by atoms with Gasteiger partial charge in [0.25, 0.3) is 0 Å². The molecular weight excluding hydrogens is 363 g/mol. The summed E-state index contributed by atoms with van der Waals surface area (Å²) in [7, 11) is -3.87. The van der Waals surface area contributed by atoms with E-state index in [1.165, 1.54) is 23.9 Å². The van der Waals surface area contributed by atoms with E-state index >= 15 is 0 Å². The molecule has 134 valence electrons. The lowest BCUT2D eigenvalue weighted by atomic mass is 10.3. The number of para-hydroxylation sites is 1. The lowest BCUT2D eigenvalue weighted by molar-refractivity contribution is -0.116. The fourth-order valence-electron chi connectivity index (χ4n) is 2.22. The maximum Gasteiger partial charge on any atom is 0.243 e. The Bertz CT molecular complexity index is 839. The van der Waals surface area contributed by atoms with Crippen LogP contribution in [0, 0.1) is 5.82 Å². The number of nitrogens with one attached hydrogen (secondary N) is 1. The van der Waals surface area contributed by atoms with Crippen molar-refractivity contribution in [3.8, 4) is 0 Å². The Morgan fingerprint density at radius 1 is 1.16 bits per heavy atom. The van der Waals surface area contributed by atoms with Crippen molar-refractivity contribution in [2.24, 2.45) is 0 Å². The molecule has 0 unspecified atom stereocenters. The summed E-state index contributed by atoms with van der Waals surface area (Å²) in [6.07, 6.45) is 1.89. The van der Waals surface area contributed by atoms with Gasteiger partial charge >= 0.3 is 0 Å². The molecule has 1 N–H and O–H groups in total. The number of anilines is 1. The highest BCUT2D eigenvalue weighted by atomic mass is 32.2.